The van der Waals surface area contributed by atoms with Crippen molar-refractivity contribution in [2.75, 3.05) is 20.1 Å². The van der Waals surface area contributed by atoms with Crippen LogP contribution in [0.4, 0.5) is 8.78 Å². The van der Waals surface area contributed by atoms with E-state index >= 15 is 0 Å². The van der Waals surface area contributed by atoms with Gasteiger partial charge >= 0.3 is 5.97 Å². The maximum atomic E-state index is 12.9. The van der Waals surface area contributed by atoms with Gasteiger partial charge in [-0.15, -0.1) is 0 Å². The number of alkyl halides is 2. The molecule has 1 N–H and O–H groups in total. The molecule has 1 fully saturated rings. The minimum absolute atomic E-state index is 0.308. The number of likely N-dealkylation sites (tertiary alicyclic amines) is 1. The van der Waals surface area contributed by atoms with Crippen LogP contribution in [0.3, 0.4) is 0 Å². The number of carboxylic acids is 1. The van der Waals surface area contributed by atoms with E-state index in [1.165, 1.54) is 0 Å². The van der Waals surface area contributed by atoms with Gasteiger partial charge in [-0.05, 0) is 39.9 Å². The summed E-state index contributed by atoms with van der Waals surface area (Å²) in [6.07, 6.45) is 0.0632. The van der Waals surface area contributed by atoms with Crippen LogP contribution < -0.4 is 0 Å². The summed E-state index contributed by atoms with van der Waals surface area (Å²) in [6.45, 7) is 1.93. The quantitative estimate of drug-likeness (QED) is 0.790. The molecule has 5 heteroatoms. The van der Waals surface area contributed by atoms with Crippen LogP contribution in [0, 0.1) is 5.41 Å². The van der Waals surface area contributed by atoms with Crippen LogP contribution in [0.25, 0.3) is 0 Å². The van der Waals surface area contributed by atoms with Gasteiger partial charge in [0.1, 0.15) is 0 Å². The van der Waals surface area contributed by atoms with Crippen LogP contribution in [-0.2, 0) is 4.79 Å². The second kappa shape index (κ2) is 4.04. The molecule has 0 saturated carbocycles. The molecule has 0 radical (unpaired) electrons. The highest BCUT2D eigenvalue weighted by molar-refractivity contribution is 5.75. The van der Waals surface area contributed by atoms with Crippen molar-refractivity contribution in [1.82, 2.24) is 4.90 Å². The van der Waals surface area contributed by atoms with Gasteiger partial charge < -0.3 is 10.0 Å². The van der Waals surface area contributed by atoms with Gasteiger partial charge in [-0.2, -0.15) is 0 Å². The molecule has 0 atom stereocenters. The number of piperidine rings is 1. The van der Waals surface area contributed by atoms with E-state index in [0.29, 0.717) is 25.9 Å². The van der Waals surface area contributed by atoms with Crippen molar-refractivity contribution >= 4 is 5.97 Å². The lowest BCUT2D eigenvalue weighted by Gasteiger charge is -2.38. The Morgan fingerprint density at radius 1 is 1.47 bits per heavy atom. The van der Waals surface area contributed by atoms with Crippen molar-refractivity contribution in [3.63, 3.8) is 0 Å². The van der Waals surface area contributed by atoms with E-state index < -0.39 is 23.7 Å². The van der Waals surface area contributed by atoms with Crippen LogP contribution in [-0.4, -0.2) is 42.0 Å². The molecule has 0 bridgehead atoms. The third-order valence-electron chi connectivity index (χ3n) is 3.05. The Morgan fingerprint density at radius 2 is 1.93 bits per heavy atom. The molecule has 1 rings (SSSR count). The van der Waals surface area contributed by atoms with Crippen molar-refractivity contribution in [1.29, 1.82) is 0 Å². The number of hydrogen-bond donors (Lipinski definition) is 1. The second-order valence-corrected chi connectivity index (χ2v) is 4.64. The molecule has 88 valence electrons. The molecular weight excluding hydrogens is 204 g/mol. The van der Waals surface area contributed by atoms with Gasteiger partial charge in [0, 0.05) is 6.42 Å². The molecule has 0 unspecified atom stereocenters. The maximum Gasteiger partial charge on any atom is 0.309 e. The Labute approximate surface area is 88.1 Å². The Morgan fingerprint density at radius 3 is 2.27 bits per heavy atom. The molecular formula is C10H17F2NO2. The highest BCUT2D eigenvalue weighted by Gasteiger charge is 2.46. The second-order valence-electron chi connectivity index (χ2n) is 4.64. The van der Waals surface area contributed by atoms with Gasteiger partial charge in [0.2, 0.25) is 5.92 Å². The highest BCUT2D eigenvalue weighted by Crippen LogP contribution is 2.40. The number of carbonyl (C=O) groups is 1. The predicted octanol–water partition coefficient (Wildman–Crippen LogP) is 1.83. The standard InChI is InChI=1S/C10H17F2NO2/c1-9(11,12)7-10(8(14)15)3-5-13(2)6-4-10/h3-7H2,1-2H3,(H,14,15). The van der Waals surface area contributed by atoms with Crippen LogP contribution in [0.15, 0.2) is 0 Å². The summed E-state index contributed by atoms with van der Waals surface area (Å²) >= 11 is 0. The Bertz CT molecular complexity index is 242. The number of carboxylic acid groups (broad SMARTS) is 1. The van der Waals surface area contributed by atoms with Crippen molar-refractivity contribution < 1.29 is 18.7 Å². The van der Waals surface area contributed by atoms with E-state index in [4.69, 9.17) is 5.11 Å². The smallest absolute Gasteiger partial charge is 0.309 e. The lowest BCUT2D eigenvalue weighted by molar-refractivity contribution is -0.159. The zero-order chi connectivity index (χ0) is 11.7. The molecule has 3 nitrogen and oxygen atoms in total. The van der Waals surface area contributed by atoms with Crippen LogP contribution >= 0.6 is 0 Å². The zero-order valence-electron chi connectivity index (χ0n) is 9.09. The SMILES string of the molecule is CN1CCC(CC(C)(F)F)(C(=O)O)CC1. The fourth-order valence-corrected chi connectivity index (χ4v) is 2.11. The summed E-state index contributed by atoms with van der Waals surface area (Å²) in [5.74, 6) is -3.99. The minimum Gasteiger partial charge on any atom is -0.481 e. The highest BCUT2D eigenvalue weighted by atomic mass is 19.3. The summed E-state index contributed by atoms with van der Waals surface area (Å²) in [4.78, 5) is 13.1. The summed E-state index contributed by atoms with van der Waals surface area (Å²) in [5.41, 5.74) is -1.23. The first-order valence-electron chi connectivity index (χ1n) is 5.05. The topological polar surface area (TPSA) is 40.5 Å². The Hall–Kier alpha value is -0.710. The molecule has 0 aromatic rings. The fourth-order valence-electron chi connectivity index (χ4n) is 2.11. The van der Waals surface area contributed by atoms with Gasteiger partial charge in [-0.1, -0.05) is 0 Å². The Balaban J connectivity index is 2.76. The van der Waals surface area contributed by atoms with Gasteiger partial charge in [0.25, 0.3) is 0 Å². The van der Waals surface area contributed by atoms with Crippen LogP contribution in [0.1, 0.15) is 26.2 Å². The summed E-state index contributed by atoms with van der Waals surface area (Å²) in [5, 5.41) is 9.09. The number of halogens is 2. The van der Waals surface area contributed by atoms with Gasteiger partial charge in [-0.3, -0.25) is 4.79 Å². The number of aliphatic carboxylic acids is 1. The fraction of sp³-hybridized carbons (Fsp3) is 0.900. The van der Waals surface area contributed by atoms with E-state index in [0.717, 1.165) is 6.92 Å². The molecule has 1 aliphatic rings. The third kappa shape index (κ3) is 3.12. The first-order valence-corrected chi connectivity index (χ1v) is 5.05. The molecule has 0 aromatic carbocycles. The van der Waals surface area contributed by atoms with Crippen LogP contribution in [0.2, 0.25) is 0 Å². The average Bonchev–Trinajstić information content (AvgIpc) is 2.06. The van der Waals surface area contributed by atoms with E-state index in [9.17, 15) is 13.6 Å². The van der Waals surface area contributed by atoms with Crippen molar-refractivity contribution in [2.45, 2.75) is 32.1 Å². The summed E-state index contributed by atoms with van der Waals surface area (Å²) < 4.78 is 25.9. The first kappa shape index (κ1) is 12.4. The Kier molecular flexibility index (Phi) is 3.33. The predicted molar refractivity (Wildman–Crippen MR) is 52.0 cm³/mol. The normalized spacial score (nSPS) is 22.7. The average molecular weight is 221 g/mol. The van der Waals surface area contributed by atoms with Gasteiger partial charge in [0.15, 0.2) is 0 Å². The van der Waals surface area contributed by atoms with Gasteiger partial charge in [0.05, 0.1) is 5.41 Å². The number of nitrogens with zero attached hydrogens (tertiary/aromatic N) is 1. The minimum atomic E-state index is -2.91. The molecule has 1 heterocycles. The monoisotopic (exact) mass is 221 g/mol. The molecule has 1 aliphatic heterocycles. The van der Waals surface area contributed by atoms with Crippen molar-refractivity contribution in [3.05, 3.63) is 0 Å². The van der Waals surface area contributed by atoms with Crippen LogP contribution in [0.5, 0.6) is 0 Å². The molecule has 0 aromatic heterocycles. The van der Waals surface area contributed by atoms with E-state index in [-0.39, 0.29) is 0 Å². The number of hydrogen-bond acceptors (Lipinski definition) is 2. The largest absolute Gasteiger partial charge is 0.481 e. The lowest BCUT2D eigenvalue weighted by Crippen LogP contribution is -2.45. The first-order chi connectivity index (χ1) is 6.75. The maximum absolute atomic E-state index is 12.9. The number of rotatable bonds is 3. The van der Waals surface area contributed by atoms with E-state index in [1.807, 2.05) is 11.9 Å². The molecule has 0 aliphatic carbocycles. The van der Waals surface area contributed by atoms with Gasteiger partial charge in [-0.25, -0.2) is 8.78 Å². The molecule has 0 amide bonds. The summed E-state index contributed by atoms with van der Waals surface area (Å²) in [7, 11) is 1.87. The zero-order valence-corrected chi connectivity index (χ0v) is 9.09. The van der Waals surface area contributed by atoms with E-state index in [2.05, 4.69) is 0 Å². The molecule has 15 heavy (non-hydrogen) atoms. The third-order valence-corrected chi connectivity index (χ3v) is 3.05. The molecule has 0 spiro atoms. The summed E-state index contributed by atoms with van der Waals surface area (Å²) in [6, 6.07) is 0. The van der Waals surface area contributed by atoms with Crippen molar-refractivity contribution in [3.8, 4) is 0 Å². The lowest BCUT2D eigenvalue weighted by atomic mass is 9.74. The molecule has 1 saturated heterocycles. The van der Waals surface area contributed by atoms with Crippen molar-refractivity contribution in [2.24, 2.45) is 5.41 Å². The van der Waals surface area contributed by atoms with E-state index in [1.54, 1.807) is 0 Å².